The molecule has 0 aromatic heterocycles. The van der Waals surface area contributed by atoms with Crippen molar-refractivity contribution in [3.63, 3.8) is 0 Å². The largest absolute Gasteiger partial charge is 0.349 e. The summed E-state index contributed by atoms with van der Waals surface area (Å²) in [7, 11) is 3.66. The van der Waals surface area contributed by atoms with E-state index in [9.17, 15) is 4.79 Å². The number of nitrogens with one attached hydrogen (secondary N) is 1. The van der Waals surface area contributed by atoms with Gasteiger partial charge in [0, 0.05) is 20.5 Å². The first-order valence-electron chi connectivity index (χ1n) is 5.52. The number of carbonyl (C=O) groups is 1. The van der Waals surface area contributed by atoms with E-state index in [1.165, 1.54) is 12.8 Å². The second-order valence-corrected chi connectivity index (χ2v) is 4.58. The van der Waals surface area contributed by atoms with Crippen LogP contribution in [-0.2, 0) is 4.79 Å². The zero-order valence-electron chi connectivity index (χ0n) is 9.55. The molecule has 1 heterocycles. The Morgan fingerprint density at radius 2 is 2.29 bits per heavy atom. The van der Waals surface area contributed by atoms with Gasteiger partial charge in [-0.25, -0.2) is 0 Å². The van der Waals surface area contributed by atoms with Crippen LogP contribution in [0.3, 0.4) is 0 Å². The van der Waals surface area contributed by atoms with Gasteiger partial charge in [0.2, 0.25) is 5.91 Å². The highest BCUT2D eigenvalue weighted by molar-refractivity contribution is 5.75. The smallest absolute Gasteiger partial charge is 0.222 e. The van der Waals surface area contributed by atoms with Gasteiger partial charge in [-0.3, -0.25) is 4.79 Å². The van der Waals surface area contributed by atoms with Gasteiger partial charge >= 0.3 is 0 Å². The van der Waals surface area contributed by atoms with Gasteiger partial charge in [-0.15, -0.1) is 0 Å². The second-order valence-electron chi connectivity index (χ2n) is 4.58. The normalized spacial score (nSPS) is 24.4. The monoisotopic (exact) mass is 198 g/mol. The third kappa shape index (κ3) is 3.29. The van der Waals surface area contributed by atoms with Crippen molar-refractivity contribution in [1.29, 1.82) is 0 Å². The van der Waals surface area contributed by atoms with E-state index >= 15 is 0 Å². The molecular weight excluding hydrogens is 176 g/mol. The maximum atomic E-state index is 11.5. The lowest BCUT2D eigenvalue weighted by Crippen LogP contribution is -2.35. The summed E-state index contributed by atoms with van der Waals surface area (Å²) in [5.41, 5.74) is 0. The summed E-state index contributed by atoms with van der Waals surface area (Å²) in [4.78, 5) is 13.2. The Bertz CT molecular complexity index is 186. The summed E-state index contributed by atoms with van der Waals surface area (Å²) in [6.45, 7) is 4.42. The van der Waals surface area contributed by atoms with E-state index < -0.39 is 0 Å². The van der Waals surface area contributed by atoms with Crippen molar-refractivity contribution in [2.24, 2.45) is 11.8 Å². The van der Waals surface area contributed by atoms with Crippen LogP contribution in [0.2, 0.25) is 0 Å². The lowest BCUT2D eigenvalue weighted by Gasteiger charge is -2.28. The minimum atomic E-state index is 0.253. The Morgan fingerprint density at radius 1 is 1.57 bits per heavy atom. The summed E-state index contributed by atoms with van der Waals surface area (Å²) in [5.74, 6) is 1.45. The highest BCUT2D eigenvalue weighted by Crippen LogP contribution is 2.22. The third-order valence-corrected chi connectivity index (χ3v) is 3.14. The first kappa shape index (κ1) is 11.5. The maximum Gasteiger partial charge on any atom is 0.222 e. The molecule has 0 aromatic rings. The average Bonchev–Trinajstić information content (AvgIpc) is 2.19. The molecule has 1 aliphatic rings. The van der Waals surface area contributed by atoms with Crippen LogP contribution in [0.15, 0.2) is 0 Å². The van der Waals surface area contributed by atoms with Gasteiger partial charge < -0.3 is 10.2 Å². The SMILES string of the molecule is C[C@H](CC(=O)N(C)C)[C@H]1CCCNC1. The Morgan fingerprint density at radius 3 is 2.79 bits per heavy atom. The molecule has 1 saturated heterocycles. The summed E-state index contributed by atoms with van der Waals surface area (Å²) in [6.07, 6.45) is 3.22. The van der Waals surface area contributed by atoms with E-state index in [1.54, 1.807) is 4.90 Å². The van der Waals surface area contributed by atoms with Gasteiger partial charge in [-0.05, 0) is 37.8 Å². The molecule has 1 amide bonds. The van der Waals surface area contributed by atoms with Gasteiger partial charge in [0.1, 0.15) is 0 Å². The van der Waals surface area contributed by atoms with Crippen molar-refractivity contribution >= 4 is 5.91 Å². The third-order valence-electron chi connectivity index (χ3n) is 3.14. The van der Waals surface area contributed by atoms with Crippen LogP contribution in [0.4, 0.5) is 0 Å². The molecule has 1 fully saturated rings. The van der Waals surface area contributed by atoms with E-state index in [1.807, 2.05) is 14.1 Å². The average molecular weight is 198 g/mol. The molecule has 2 atom stereocenters. The quantitative estimate of drug-likeness (QED) is 0.736. The number of rotatable bonds is 3. The molecule has 3 nitrogen and oxygen atoms in total. The summed E-state index contributed by atoms with van der Waals surface area (Å²) >= 11 is 0. The molecule has 0 saturated carbocycles. The Hall–Kier alpha value is -0.570. The molecule has 0 aromatic carbocycles. The van der Waals surface area contributed by atoms with Crippen LogP contribution in [0, 0.1) is 11.8 Å². The molecule has 1 rings (SSSR count). The lowest BCUT2D eigenvalue weighted by molar-refractivity contribution is -0.130. The standard InChI is InChI=1S/C11H22N2O/c1-9(7-11(14)13(2)3)10-5-4-6-12-8-10/h9-10,12H,4-8H2,1-3H3/t9-,10+/m1/s1. The molecule has 0 bridgehead atoms. The lowest BCUT2D eigenvalue weighted by atomic mass is 9.85. The number of piperidine rings is 1. The molecule has 14 heavy (non-hydrogen) atoms. The van der Waals surface area contributed by atoms with Gasteiger partial charge in [0.15, 0.2) is 0 Å². The summed E-state index contributed by atoms with van der Waals surface area (Å²) in [5, 5.41) is 3.39. The fourth-order valence-corrected chi connectivity index (χ4v) is 1.99. The molecule has 82 valence electrons. The van der Waals surface area contributed by atoms with Gasteiger partial charge in [-0.1, -0.05) is 6.92 Å². The summed E-state index contributed by atoms with van der Waals surface area (Å²) < 4.78 is 0. The van der Waals surface area contributed by atoms with Crippen LogP contribution in [0.1, 0.15) is 26.2 Å². The van der Waals surface area contributed by atoms with E-state index in [0.717, 1.165) is 13.1 Å². The van der Waals surface area contributed by atoms with Gasteiger partial charge in [0.05, 0.1) is 0 Å². The van der Waals surface area contributed by atoms with Crippen molar-refractivity contribution < 1.29 is 4.79 Å². The molecule has 0 aliphatic carbocycles. The van der Waals surface area contributed by atoms with Crippen molar-refractivity contribution in [3.8, 4) is 0 Å². The van der Waals surface area contributed by atoms with E-state index in [4.69, 9.17) is 0 Å². The van der Waals surface area contributed by atoms with Crippen molar-refractivity contribution in [3.05, 3.63) is 0 Å². The van der Waals surface area contributed by atoms with Crippen molar-refractivity contribution in [2.75, 3.05) is 27.2 Å². The number of nitrogens with zero attached hydrogens (tertiary/aromatic N) is 1. The van der Waals surface area contributed by atoms with Crippen LogP contribution < -0.4 is 5.32 Å². The fourth-order valence-electron chi connectivity index (χ4n) is 1.99. The Labute approximate surface area is 86.9 Å². The Balaban J connectivity index is 2.32. The molecule has 0 spiro atoms. The predicted molar refractivity (Wildman–Crippen MR) is 58.1 cm³/mol. The Kier molecular flexibility index (Phi) is 4.39. The molecule has 1 N–H and O–H groups in total. The second kappa shape index (κ2) is 5.35. The molecular formula is C11H22N2O. The highest BCUT2D eigenvalue weighted by Gasteiger charge is 2.22. The first-order valence-corrected chi connectivity index (χ1v) is 5.52. The fraction of sp³-hybridized carbons (Fsp3) is 0.909. The minimum absolute atomic E-state index is 0.253. The minimum Gasteiger partial charge on any atom is -0.349 e. The molecule has 0 unspecified atom stereocenters. The van der Waals surface area contributed by atoms with Crippen LogP contribution in [0.25, 0.3) is 0 Å². The van der Waals surface area contributed by atoms with E-state index in [-0.39, 0.29) is 5.91 Å². The highest BCUT2D eigenvalue weighted by atomic mass is 16.2. The number of hydrogen-bond acceptors (Lipinski definition) is 2. The first-order chi connectivity index (χ1) is 6.61. The van der Waals surface area contributed by atoms with Crippen molar-refractivity contribution in [2.45, 2.75) is 26.2 Å². The van der Waals surface area contributed by atoms with Crippen molar-refractivity contribution in [1.82, 2.24) is 10.2 Å². The summed E-state index contributed by atoms with van der Waals surface area (Å²) in [6, 6.07) is 0. The van der Waals surface area contributed by atoms with Crippen LogP contribution >= 0.6 is 0 Å². The molecule has 0 radical (unpaired) electrons. The topological polar surface area (TPSA) is 32.3 Å². The van der Waals surface area contributed by atoms with Gasteiger partial charge in [-0.2, -0.15) is 0 Å². The molecule has 3 heteroatoms. The number of hydrogen-bond donors (Lipinski definition) is 1. The maximum absolute atomic E-state index is 11.5. The zero-order chi connectivity index (χ0) is 10.6. The number of amides is 1. The van der Waals surface area contributed by atoms with E-state index in [0.29, 0.717) is 18.3 Å². The van der Waals surface area contributed by atoms with Crippen LogP contribution in [-0.4, -0.2) is 38.0 Å². The number of carbonyl (C=O) groups excluding carboxylic acids is 1. The van der Waals surface area contributed by atoms with Gasteiger partial charge in [0.25, 0.3) is 0 Å². The van der Waals surface area contributed by atoms with Crippen LogP contribution in [0.5, 0.6) is 0 Å². The predicted octanol–water partition coefficient (Wildman–Crippen LogP) is 1.10. The van der Waals surface area contributed by atoms with E-state index in [2.05, 4.69) is 12.2 Å². The zero-order valence-corrected chi connectivity index (χ0v) is 9.55. The molecule has 1 aliphatic heterocycles.